The Morgan fingerprint density at radius 2 is 1.57 bits per heavy atom. The minimum Gasteiger partial charge on any atom is -0.352 e. The summed E-state index contributed by atoms with van der Waals surface area (Å²) in [4.78, 5) is 29.0. The Hall–Kier alpha value is -3.07. The maximum atomic E-state index is 13.9. The summed E-state index contributed by atoms with van der Waals surface area (Å²) in [5.41, 5.74) is 4.22. The molecule has 3 rings (SSSR count). The highest BCUT2D eigenvalue weighted by Gasteiger charge is 2.31. The van der Waals surface area contributed by atoms with Gasteiger partial charge in [-0.1, -0.05) is 65.7 Å². The molecule has 0 radical (unpaired) electrons. The molecule has 0 aliphatic heterocycles. The van der Waals surface area contributed by atoms with Crippen molar-refractivity contribution in [1.82, 2.24) is 10.2 Å². The number of amides is 2. The largest absolute Gasteiger partial charge is 0.352 e. The SMILES string of the molecule is Cc1ccc(N(CCCC(=O)N(Cc2ccc(Cl)c(Cl)c2)[C@@H](Cc2ccccc2)C(=O)NC(C)C)S(C)(=O)=O)cc1C. The summed E-state index contributed by atoms with van der Waals surface area (Å²) in [5.74, 6) is -0.537. The van der Waals surface area contributed by atoms with Crippen LogP contribution >= 0.6 is 23.2 Å². The number of carbonyl (C=O) groups is 2. The first-order valence-corrected chi connectivity index (χ1v) is 16.5. The van der Waals surface area contributed by atoms with Gasteiger partial charge in [0.1, 0.15) is 6.04 Å². The van der Waals surface area contributed by atoms with Gasteiger partial charge in [-0.05, 0) is 80.6 Å². The molecule has 2 amide bonds. The second kappa shape index (κ2) is 14.9. The van der Waals surface area contributed by atoms with Gasteiger partial charge in [0, 0.05) is 32.0 Å². The number of nitrogens with one attached hydrogen (secondary N) is 1. The lowest BCUT2D eigenvalue weighted by atomic mass is 10.0. The molecule has 0 spiro atoms. The van der Waals surface area contributed by atoms with Crippen LogP contribution in [0.25, 0.3) is 0 Å². The van der Waals surface area contributed by atoms with Gasteiger partial charge in [0.25, 0.3) is 0 Å². The van der Waals surface area contributed by atoms with E-state index in [0.717, 1.165) is 28.5 Å². The van der Waals surface area contributed by atoms with Crippen molar-refractivity contribution in [2.24, 2.45) is 0 Å². The van der Waals surface area contributed by atoms with Crippen LogP contribution in [0, 0.1) is 13.8 Å². The summed E-state index contributed by atoms with van der Waals surface area (Å²) < 4.78 is 26.7. The molecule has 0 bridgehead atoms. The second-order valence-corrected chi connectivity index (χ2v) is 13.6. The molecule has 1 N–H and O–H groups in total. The predicted octanol–water partition coefficient (Wildman–Crippen LogP) is 6.32. The van der Waals surface area contributed by atoms with Crippen molar-refractivity contribution in [3.05, 3.63) is 99.0 Å². The molecule has 10 heteroatoms. The van der Waals surface area contributed by atoms with Gasteiger partial charge in [-0.3, -0.25) is 13.9 Å². The number of halogens is 2. The third-order valence-corrected chi connectivity index (χ3v) is 8.90. The molecule has 0 fully saturated rings. The van der Waals surface area contributed by atoms with E-state index in [0.29, 0.717) is 22.2 Å². The van der Waals surface area contributed by atoms with E-state index in [1.54, 1.807) is 29.2 Å². The van der Waals surface area contributed by atoms with Gasteiger partial charge in [0.2, 0.25) is 21.8 Å². The van der Waals surface area contributed by atoms with Gasteiger partial charge in [0.05, 0.1) is 22.0 Å². The summed E-state index contributed by atoms with van der Waals surface area (Å²) in [7, 11) is -3.59. The topological polar surface area (TPSA) is 86.8 Å². The number of hydrogen-bond acceptors (Lipinski definition) is 4. The Balaban J connectivity index is 1.91. The van der Waals surface area contributed by atoms with Gasteiger partial charge in [0.15, 0.2) is 0 Å². The molecule has 3 aromatic carbocycles. The Morgan fingerprint density at radius 1 is 0.881 bits per heavy atom. The van der Waals surface area contributed by atoms with Crippen LogP contribution in [0.4, 0.5) is 5.69 Å². The van der Waals surface area contributed by atoms with E-state index in [-0.39, 0.29) is 43.8 Å². The van der Waals surface area contributed by atoms with Crippen molar-refractivity contribution >= 4 is 50.7 Å². The first-order chi connectivity index (χ1) is 19.8. The molecule has 0 aliphatic carbocycles. The minimum absolute atomic E-state index is 0.0401. The van der Waals surface area contributed by atoms with E-state index in [1.807, 2.05) is 70.2 Å². The first-order valence-electron chi connectivity index (χ1n) is 13.9. The van der Waals surface area contributed by atoms with Crippen molar-refractivity contribution in [2.75, 3.05) is 17.1 Å². The number of carbonyl (C=O) groups excluding carboxylic acids is 2. The minimum atomic E-state index is -3.59. The summed E-state index contributed by atoms with van der Waals surface area (Å²) in [6.07, 6.45) is 1.77. The van der Waals surface area contributed by atoms with E-state index in [1.165, 1.54) is 4.31 Å². The molecule has 0 saturated carbocycles. The molecule has 0 heterocycles. The van der Waals surface area contributed by atoms with E-state index < -0.39 is 16.1 Å². The van der Waals surface area contributed by atoms with E-state index in [2.05, 4.69) is 5.32 Å². The van der Waals surface area contributed by atoms with Gasteiger partial charge in [-0.15, -0.1) is 0 Å². The number of anilines is 1. The summed E-state index contributed by atoms with van der Waals surface area (Å²) in [5, 5.41) is 3.71. The second-order valence-electron chi connectivity index (χ2n) is 10.8. The normalized spacial score (nSPS) is 12.2. The number of benzene rings is 3. The molecular weight excluding hydrogens is 593 g/mol. The molecule has 42 heavy (non-hydrogen) atoms. The Morgan fingerprint density at radius 3 is 2.17 bits per heavy atom. The van der Waals surface area contributed by atoms with Crippen LogP contribution in [0.5, 0.6) is 0 Å². The summed E-state index contributed by atoms with van der Waals surface area (Å²) >= 11 is 12.4. The summed E-state index contributed by atoms with van der Waals surface area (Å²) in [6, 6.07) is 19.2. The van der Waals surface area contributed by atoms with Gasteiger partial charge < -0.3 is 10.2 Å². The standard InChI is InChI=1S/C32H39Cl2N3O4S/c1-22(2)35-32(39)30(20-25-10-7-6-8-11-25)36(21-26-14-16-28(33)29(34)19-26)31(38)12-9-17-37(42(5,40)41)27-15-13-23(3)24(4)18-27/h6-8,10-11,13-16,18-19,22,30H,9,12,17,20-21H2,1-5H3,(H,35,39)/t30-/m0/s1. The number of sulfonamides is 1. The van der Waals surface area contributed by atoms with Gasteiger partial charge in [-0.2, -0.15) is 0 Å². The van der Waals surface area contributed by atoms with Crippen LogP contribution in [0.15, 0.2) is 66.7 Å². The Bertz CT molecular complexity index is 1500. The quantitative estimate of drug-likeness (QED) is 0.239. The Labute approximate surface area is 259 Å². The average molecular weight is 633 g/mol. The number of rotatable bonds is 13. The first kappa shape index (κ1) is 33.4. The van der Waals surface area contributed by atoms with Crippen LogP contribution in [-0.4, -0.2) is 50.0 Å². The highest BCUT2D eigenvalue weighted by molar-refractivity contribution is 7.92. The van der Waals surface area contributed by atoms with E-state index in [9.17, 15) is 18.0 Å². The molecule has 0 unspecified atom stereocenters. The fourth-order valence-electron chi connectivity index (χ4n) is 4.65. The Kier molecular flexibility index (Phi) is 11.9. The molecular formula is C32H39Cl2N3O4S. The van der Waals surface area contributed by atoms with Gasteiger partial charge in [-0.25, -0.2) is 8.42 Å². The third-order valence-electron chi connectivity index (χ3n) is 6.97. The van der Waals surface area contributed by atoms with Crippen LogP contribution in [0.2, 0.25) is 10.0 Å². The van der Waals surface area contributed by atoms with E-state index in [4.69, 9.17) is 23.2 Å². The summed E-state index contributed by atoms with van der Waals surface area (Å²) in [6.45, 7) is 7.89. The zero-order chi connectivity index (χ0) is 31.0. The highest BCUT2D eigenvalue weighted by atomic mass is 35.5. The zero-order valence-electron chi connectivity index (χ0n) is 24.7. The smallest absolute Gasteiger partial charge is 0.243 e. The molecule has 0 aromatic heterocycles. The monoisotopic (exact) mass is 631 g/mol. The van der Waals surface area contributed by atoms with Crippen molar-refractivity contribution < 1.29 is 18.0 Å². The average Bonchev–Trinajstić information content (AvgIpc) is 2.91. The maximum Gasteiger partial charge on any atom is 0.243 e. The number of hydrogen-bond donors (Lipinski definition) is 1. The number of nitrogens with zero attached hydrogens (tertiary/aromatic N) is 2. The fourth-order valence-corrected chi connectivity index (χ4v) is 5.93. The third kappa shape index (κ3) is 9.48. The van der Waals surface area contributed by atoms with Crippen LogP contribution in [0.1, 0.15) is 48.9 Å². The van der Waals surface area contributed by atoms with E-state index >= 15 is 0 Å². The van der Waals surface area contributed by atoms with Gasteiger partial charge >= 0.3 is 0 Å². The number of aryl methyl sites for hydroxylation is 2. The van der Waals surface area contributed by atoms with Crippen molar-refractivity contribution in [3.8, 4) is 0 Å². The lowest BCUT2D eigenvalue weighted by Gasteiger charge is -2.32. The fraction of sp³-hybridized carbons (Fsp3) is 0.375. The van der Waals surface area contributed by atoms with Crippen molar-refractivity contribution in [3.63, 3.8) is 0 Å². The van der Waals surface area contributed by atoms with Crippen LogP contribution in [-0.2, 0) is 32.6 Å². The molecule has 7 nitrogen and oxygen atoms in total. The zero-order valence-corrected chi connectivity index (χ0v) is 27.1. The lowest BCUT2D eigenvalue weighted by Crippen LogP contribution is -2.51. The molecule has 226 valence electrons. The molecule has 1 atom stereocenters. The maximum absolute atomic E-state index is 13.9. The van der Waals surface area contributed by atoms with Crippen LogP contribution < -0.4 is 9.62 Å². The highest BCUT2D eigenvalue weighted by Crippen LogP contribution is 2.25. The van der Waals surface area contributed by atoms with Crippen molar-refractivity contribution in [2.45, 2.75) is 65.6 Å². The predicted molar refractivity (Wildman–Crippen MR) is 172 cm³/mol. The molecule has 0 saturated heterocycles. The molecule has 0 aliphatic rings. The van der Waals surface area contributed by atoms with Crippen LogP contribution in [0.3, 0.4) is 0 Å². The lowest BCUT2D eigenvalue weighted by molar-refractivity contribution is -0.141. The molecule has 3 aromatic rings. The van der Waals surface area contributed by atoms with Crippen molar-refractivity contribution in [1.29, 1.82) is 0 Å².